The SMILES string of the molecule is Cc1c(Br)cc(NS(=O)(=O)CC2CCCO2)cc1C(=O)O. The zero-order chi connectivity index (χ0) is 15.6. The molecule has 1 saturated heterocycles. The molecule has 0 saturated carbocycles. The van der Waals surface area contributed by atoms with Crippen molar-refractivity contribution in [3.63, 3.8) is 0 Å². The lowest BCUT2D eigenvalue weighted by atomic mass is 10.1. The van der Waals surface area contributed by atoms with E-state index in [4.69, 9.17) is 9.84 Å². The van der Waals surface area contributed by atoms with Crippen LogP contribution in [0.15, 0.2) is 16.6 Å². The number of carboxylic acid groups (broad SMARTS) is 1. The van der Waals surface area contributed by atoms with E-state index >= 15 is 0 Å². The minimum atomic E-state index is -3.58. The fraction of sp³-hybridized carbons (Fsp3) is 0.462. The van der Waals surface area contributed by atoms with Gasteiger partial charge in [0.1, 0.15) is 0 Å². The molecule has 0 bridgehead atoms. The highest BCUT2D eigenvalue weighted by atomic mass is 79.9. The molecule has 0 aromatic heterocycles. The second-order valence-electron chi connectivity index (χ2n) is 4.95. The highest BCUT2D eigenvalue weighted by Crippen LogP contribution is 2.26. The van der Waals surface area contributed by atoms with E-state index in [0.717, 1.165) is 12.8 Å². The predicted molar refractivity (Wildman–Crippen MR) is 82.2 cm³/mol. The van der Waals surface area contributed by atoms with Gasteiger partial charge in [0, 0.05) is 11.1 Å². The van der Waals surface area contributed by atoms with Crippen LogP contribution in [0.2, 0.25) is 0 Å². The van der Waals surface area contributed by atoms with Crippen LogP contribution in [0, 0.1) is 6.92 Å². The first-order valence-electron chi connectivity index (χ1n) is 6.44. The number of carbonyl (C=O) groups is 1. The van der Waals surface area contributed by atoms with E-state index < -0.39 is 16.0 Å². The van der Waals surface area contributed by atoms with Gasteiger partial charge in [0.25, 0.3) is 0 Å². The first-order chi connectivity index (χ1) is 9.78. The third kappa shape index (κ3) is 4.18. The van der Waals surface area contributed by atoms with Crippen molar-refractivity contribution in [2.45, 2.75) is 25.9 Å². The van der Waals surface area contributed by atoms with Crippen molar-refractivity contribution >= 4 is 37.6 Å². The van der Waals surface area contributed by atoms with Gasteiger partial charge >= 0.3 is 5.97 Å². The van der Waals surface area contributed by atoms with Crippen molar-refractivity contribution in [1.29, 1.82) is 0 Å². The van der Waals surface area contributed by atoms with E-state index in [-0.39, 0.29) is 23.1 Å². The Kier molecular flexibility index (Phi) is 4.90. The van der Waals surface area contributed by atoms with Crippen molar-refractivity contribution in [3.8, 4) is 0 Å². The normalized spacial score (nSPS) is 18.7. The Morgan fingerprint density at radius 3 is 2.81 bits per heavy atom. The number of sulfonamides is 1. The van der Waals surface area contributed by atoms with Crippen molar-refractivity contribution in [3.05, 3.63) is 27.7 Å². The smallest absolute Gasteiger partial charge is 0.336 e. The van der Waals surface area contributed by atoms with E-state index in [1.807, 2.05) is 0 Å². The summed E-state index contributed by atoms with van der Waals surface area (Å²) in [5.41, 5.74) is 0.826. The first kappa shape index (κ1) is 16.3. The van der Waals surface area contributed by atoms with Gasteiger partial charge in [0.05, 0.1) is 23.1 Å². The summed E-state index contributed by atoms with van der Waals surface area (Å²) in [6, 6.07) is 2.87. The van der Waals surface area contributed by atoms with Gasteiger partial charge in [0.2, 0.25) is 10.0 Å². The molecule has 116 valence electrons. The summed E-state index contributed by atoms with van der Waals surface area (Å²) >= 11 is 3.24. The molecule has 0 aliphatic carbocycles. The molecule has 1 atom stereocenters. The molecule has 0 spiro atoms. The Balaban J connectivity index is 2.20. The maximum atomic E-state index is 12.1. The average molecular weight is 378 g/mol. The molecule has 0 radical (unpaired) electrons. The number of carboxylic acids is 1. The number of anilines is 1. The summed E-state index contributed by atoms with van der Waals surface area (Å²) in [6.45, 7) is 2.23. The molecular formula is C13H16BrNO5S. The van der Waals surface area contributed by atoms with Gasteiger partial charge in [-0.2, -0.15) is 0 Å². The Labute approximate surface area is 131 Å². The Hall–Kier alpha value is -1.12. The van der Waals surface area contributed by atoms with E-state index in [1.165, 1.54) is 6.07 Å². The molecule has 1 aliphatic heterocycles. The Morgan fingerprint density at radius 1 is 1.52 bits per heavy atom. The number of benzene rings is 1. The molecule has 2 N–H and O–H groups in total. The molecule has 2 rings (SSSR count). The molecular weight excluding hydrogens is 362 g/mol. The predicted octanol–water partition coefficient (Wildman–Crippen LogP) is 2.38. The second-order valence-corrected chi connectivity index (χ2v) is 7.58. The first-order valence-corrected chi connectivity index (χ1v) is 8.88. The van der Waals surface area contributed by atoms with Crippen molar-refractivity contribution in [2.75, 3.05) is 17.1 Å². The van der Waals surface area contributed by atoms with Gasteiger partial charge in [-0.05, 0) is 37.5 Å². The molecule has 1 aromatic carbocycles. The lowest BCUT2D eigenvalue weighted by Crippen LogP contribution is -2.25. The summed E-state index contributed by atoms with van der Waals surface area (Å²) in [6.07, 6.45) is 1.29. The van der Waals surface area contributed by atoms with E-state index in [9.17, 15) is 13.2 Å². The fourth-order valence-corrected chi connectivity index (χ4v) is 3.97. The fourth-order valence-electron chi connectivity index (χ4n) is 2.20. The minimum Gasteiger partial charge on any atom is -0.478 e. The number of aromatic carboxylic acids is 1. The second kappa shape index (κ2) is 6.33. The zero-order valence-corrected chi connectivity index (χ0v) is 13.8. The highest BCUT2D eigenvalue weighted by Gasteiger charge is 2.24. The number of halogens is 1. The average Bonchev–Trinajstić information content (AvgIpc) is 2.84. The standard InChI is InChI=1S/C13H16BrNO5S/c1-8-11(13(16)17)5-9(6-12(8)14)15-21(18,19)7-10-3-2-4-20-10/h5-6,10,15H,2-4,7H2,1H3,(H,16,17). The van der Waals surface area contributed by atoms with Gasteiger partial charge in [-0.3, -0.25) is 4.72 Å². The van der Waals surface area contributed by atoms with Gasteiger partial charge in [-0.25, -0.2) is 13.2 Å². The summed E-state index contributed by atoms with van der Waals surface area (Å²) in [5.74, 6) is -1.23. The number of rotatable bonds is 5. The molecule has 6 nitrogen and oxygen atoms in total. The lowest BCUT2D eigenvalue weighted by molar-refractivity contribution is 0.0696. The van der Waals surface area contributed by atoms with E-state index in [1.54, 1.807) is 13.0 Å². The zero-order valence-electron chi connectivity index (χ0n) is 11.4. The van der Waals surface area contributed by atoms with Crippen molar-refractivity contribution < 1.29 is 23.1 Å². The molecule has 21 heavy (non-hydrogen) atoms. The topological polar surface area (TPSA) is 92.7 Å². The van der Waals surface area contributed by atoms with Gasteiger partial charge in [-0.15, -0.1) is 0 Å². The highest BCUT2D eigenvalue weighted by molar-refractivity contribution is 9.10. The van der Waals surface area contributed by atoms with Crippen LogP contribution in [0.4, 0.5) is 5.69 Å². The number of nitrogens with one attached hydrogen (secondary N) is 1. The summed E-state index contributed by atoms with van der Waals surface area (Å²) in [5, 5.41) is 9.12. The quantitative estimate of drug-likeness (QED) is 0.821. The molecule has 1 aromatic rings. The molecule has 1 unspecified atom stereocenters. The molecule has 8 heteroatoms. The van der Waals surface area contributed by atoms with Crippen LogP contribution in [-0.4, -0.2) is 38.0 Å². The number of hydrogen-bond acceptors (Lipinski definition) is 4. The number of hydrogen-bond donors (Lipinski definition) is 2. The monoisotopic (exact) mass is 377 g/mol. The molecule has 1 heterocycles. The minimum absolute atomic E-state index is 0.0548. The largest absolute Gasteiger partial charge is 0.478 e. The van der Waals surface area contributed by atoms with Crippen molar-refractivity contribution in [1.82, 2.24) is 0 Å². The van der Waals surface area contributed by atoms with Crippen LogP contribution in [0.3, 0.4) is 0 Å². The van der Waals surface area contributed by atoms with Crippen LogP contribution >= 0.6 is 15.9 Å². The number of ether oxygens (including phenoxy) is 1. The molecule has 0 amide bonds. The van der Waals surface area contributed by atoms with Crippen LogP contribution in [0.5, 0.6) is 0 Å². The van der Waals surface area contributed by atoms with Crippen molar-refractivity contribution in [2.24, 2.45) is 0 Å². The Bertz CT molecular complexity index is 653. The molecule has 1 fully saturated rings. The van der Waals surface area contributed by atoms with Crippen LogP contribution in [-0.2, 0) is 14.8 Å². The van der Waals surface area contributed by atoms with Gasteiger partial charge in [0.15, 0.2) is 0 Å². The summed E-state index contributed by atoms with van der Waals surface area (Å²) < 4.78 is 32.4. The van der Waals surface area contributed by atoms with Gasteiger partial charge < -0.3 is 9.84 Å². The van der Waals surface area contributed by atoms with E-state index in [0.29, 0.717) is 16.6 Å². The summed E-state index contributed by atoms with van der Waals surface area (Å²) in [7, 11) is -3.58. The third-order valence-corrected chi connectivity index (χ3v) is 5.46. The van der Waals surface area contributed by atoms with Gasteiger partial charge in [-0.1, -0.05) is 15.9 Å². The molecule has 1 aliphatic rings. The third-order valence-electron chi connectivity index (χ3n) is 3.28. The maximum absolute atomic E-state index is 12.1. The van der Waals surface area contributed by atoms with Crippen LogP contribution in [0.25, 0.3) is 0 Å². The van der Waals surface area contributed by atoms with Crippen LogP contribution in [0.1, 0.15) is 28.8 Å². The van der Waals surface area contributed by atoms with E-state index in [2.05, 4.69) is 20.7 Å². The lowest BCUT2D eigenvalue weighted by Gasteiger charge is -2.14. The maximum Gasteiger partial charge on any atom is 0.336 e. The van der Waals surface area contributed by atoms with Crippen LogP contribution < -0.4 is 4.72 Å². The summed E-state index contributed by atoms with van der Waals surface area (Å²) in [4.78, 5) is 11.2. The Morgan fingerprint density at radius 2 is 2.24 bits per heavy atom.